The number of hydrogen-bond acceptors (Lipinski definition) is 8. The van der Waals surface area contributed by atoms with E-state index in [0.29, 0.717) is 63.9 Å². The smallest absolute Gasteiger partial charge is 0.286 e. The fourth-order valence-electron chi connectivity index (χ4n) is 3.55. The Morgan fingerprint density at radius 2 is 1.58 bits per heavy atom. The summed E-state index contributed by atoms with van der Waals surface area (Å²) < 4.78 is 49.9. The fourth-order valence-corrected chi connectivity index (χ4v) is 7.25. The Morgan fingerprint density at radius 1 is 1.03 bits per heavy atom. The van der Waals surface area contributed by atoms with Gasteiger partial charge >= 0.3 is 0 Å². The molecule has 2 aliphatic rings. The van der Waals surface area contributed by atoms with E-state index in [2.05, 4.69) is 4.90 Å². The van der Waals surface area contributed by atoms with Crippen LogP contribution in [0.4, 0.5) is 5.69 Å². The van der Waals surface area contributed by atoms with Gasteiger partial charge in [-0.05, 0) is 6.07 Å². The number of benzene rings is 1. The van der Waals surface area contributed by atoms with Crippen molar-refractivity contribution in [1.82, 2.24) is 14.1 Å². The van der Waals surface area contributed by atoms with Crippen LogP contribution in [-0.4, -0.2) is 111 Å². The molecule has 2 aliphatic heterocycles. The van der Waals surface area contributed by atoms with Gasteiger partial charge < -0.3 is 9.80 Å². The second-order valence-electron chi connectivity index (χ2n) is 7.59. The average molecular weight is 493 g/mol. The van der Waals surface area contributed by atoms with Crippen LogP contribution in [-0.2, 0) is 31.6 Å². The minimum atomic E-state index is -2.98. The summed E-state index contributed by atoms with van der Waals surface area (Å²) in [6, 6.07) is 6.04. The highest BCUT2D eigenvalue weighted by Crippen LogP contribution is 2.23. The normalized spacial score (nSPS) is 21.8. The number of sulfone groups is 1. The SMILES string of the molecule is O=[N+]([O-])c1ccccc1S(=O)N(CCN1CCS(=O)CC1)CCN1CCS(=O)(=O)CC1. The van der Waals surface area contributed by atoms with Crippen LogP contribution in [0.3, 0.4) is 0 Å². The largest absolute Gasteiger partial charge is 0.300 e. The summed E-state index contributed by atoms with van der Waals surface area (Å²) in [5.41, 5.74) is -0.178. The Bertz CT molecular complexity index is 918. The van der Waals surface area contributed by atoms with Gasteiger partial charge in [0, 0.05) is 80.7 Å². The molecule has 2 heterocycles. The van der Waals surface area contributed by atoms with Crippen molar-refractivity contribution in [3.8, 4) is 0 Å². The highest BCUT2D eigenvalue weighted by molar-refractivity contribution is 7.91. The molecule has 0 amide bonds. The van der Waals surface area contributed by atoms with E-state index < -0.39 is 36.5 Å². The van der Waals surface area contributed by atoms with Crippen molar-refractivity contribution in [2.75, 3.05) is 75.4 Å². The third kappa shape index (κ3) is 7.12. The molecular formula is C18H28N4O6S3. The molecule has 174 valence electrons. The van der Waals surface area contributed by atoms with Crippen molar-refractivity contribution < 1.29 is 21.8 Å². The summed E-state index contributed by atoms with van der Waals surface area (Å²) in [5.74, 6) is 1.47. The van der Waals surface area contributed by atoms with Gasteiger partial charge in [0.2, 0.25) is 0 Å². The standard InChI is InChI=1S/C18H28N4O6S3/c23-22(24)17-3-1-2-4-18(17)30(26)21(7-5-19-9-13-29(25)14-10-19)8-6-20-11-15-31(27,28)16-12-20/h1-4H,5-16H2. The van der Waals surface area contributed by atoms with E-state index in [0.717, 1.165) is 0 Å². The maximum atomic E-state index is 13.3. The molecule has 31 heavy (non-hydrogen) atoms. The molecular weight excluding hydrogens is 464 g/mol. The quantitative estimate of drug-likeness (QED) is 0.341. The molecule has 1 aromatic carbocycles. The number of nitrogens with zero attached hydrogens (tertiary/aromatic N) is 4. The first-order valence-electron chi connectivity index (χ1n) is 10.2. The number of hydrogen-bond donors (Lipinski definition) is 0. The zero-order valence-corrected chi connectivity index (χ0v) is 19.7. The van der Waals surface area contributed by atoms with Crippen LogP contribution in [0.25, 0.3) is 0 Å². The summed E-state index contributed by atoms with van der Waals surface area (Å²) in [7, 11) is -5.49. The van der Waals surface area contributed by atoms with E-state index in [4.69, 9.17) is 0 Å². The maximum absolute atomic E-state index is 13.3. The molecule has 1 aromatic rings. The van der Waals surface area contributed by atoms with Gasteiger partial charge in [-0.25, -0.2) is 16.9 Å². The Balaban J connectivity index is 1.68. The molecule has 0 N–H and O–H groups in total. The van der Waals surface area contributed by atoms with Crippen molar-refractivity contribution in [3.63, 3.8) is 0 Å². The zero-order valence-electron chi connectivity index (χ0n) is 17.3. The summed E-state index contributed by atoms with van der Waals surface area (Å²) in [4.78, 5) is 15.2. The van der Waals surface area contributed by atoms with Crippen LogP contribution >= 0.6 is 0 Å². The Kier molecular flexibility index (Phi) is 8.70. The summed E-state index contributed by atoms with van der Waals surface area (Å²) >= 11 is 0. The molecule has 0 aliphatic carbocycles. The van der Waals surface area contributed by atoms with E-state index >= 15 is 0 Å². The third-order valence-electron chi connectivity index (χ3n) is 5.52. The van der Waals surface area contributed by atoms with Gasteiger partial charge in [0.25, 0.3) is 5.69 Å². The molecule has 0 saturated carbocycles. The minimum absolute atomic E-state index is 0.116. The van der Waals surface area contributed by atoms with Crippen LogP contribution in [0.15, 0.2) is 29.2 Å². The molecule has 2 fully saturated rings. The van der Waals surface area contributed by atoms with Crippen molar-refractivity contribution in [3.05, 3.63) is 34.4 Å². The lowest BCUT2D eigenvalue weighted by Gasteiger charge is -2.31. The molecule has 0 aromatic heterocycles. The fraction of sp³-hybridized carbons (Fsp3) is 0.667. The first kappa shape index (κ1) is 24.4. The zero-order chi connectivity index (χ0) is 22.4. The van der Waals surface area contributed by atoms with Gasteiger partial charge in [-0.2, -0.15) is 0 Å². The van der Waals surface area contributed by atoms with Crippen molar-refractivity contribution in [2.45, 2.75) is 4.90 Å². The molecule has 10 nitrogen and oxygen atoms in total. The number of nitro groups is 1. The summed E-state index contributed by atoms with van der Waals surface area (Å²) in [6.45, 7) is 4.29. The molecule has 1 atom stereocenters. The lowest BCUT2D eigenvalue weighted by molar-refractivity contribution is -0.387. The molecule has 0 bridgehead atoms. The van der Waals surface area contributed by atoms with E-state index in [1.807, 2.05) is 4.90 Å². The summed E-state index contributed by atoms with van der Waals surface area (Å²) in [5, 5.41) is 11.4. The van der Waals surface area contributed by atoms with Gasteiger partial charge in [-0.3, -0.25) is 14.3 Å². The second kappa shape index (κ2) is 11.1. The number of rotatable bonds is 9. The average Bonchev–Trinajstić information content (AvgIpc) is 2.75. The van der Waals surface area contributed by atoms with Crippen LogP contribution < -0.4 is 0 Å². The Hall–Kier alpha value is -1.25. The van der Waals surface area contributed by atoms with Crippen LogP contribution in [0, 0.1) is 10.1 Å². The van der Waals surface area contributed by atoms with Crippen LogP contribution in [0.2, 0.25) is 0 Å². The Morgan fingerprint density at radius 3 is 2.16 bits per heavy atom. The van der Waals surface area contributed by atoms with Crippen molar-refractivity contribution in [1.29, 1.82) is 0 Å². The monoisotopic (exact) mass is 492 g/mol. The molecule has 3 rings (SSSR count). The lowest BCUT2D eigenvalue weighted by atomic mass is 10.3. The molecule has 0 spiro atoms. The van der Waals surface area contributed by atoms with Gasteiger partial charge in [-0.15, -0.1) is 0 Å². The minimum Gasteiger partial charge on any atom is -0.300 e. The highest BCUT2D eigenvalue weighted by Gasteiger charge is 2.27. The first-order valence-corrected chi connectivity index (χ1v) is 14.6. The molecule has 0 radical (unpaired) electrons. The number of nitro benzene ring substituents is 1. The van der Waals surface area contributed by atoms with Gasteiger partial charge in [-0.1, -0.05) is 12.1 Å². The lowest BCUT2D eigenvalue weighted by Crippen LogP contribution is -2.46. The second-order valence-corrected chi connectivity index (χ2v) is 13.0. The topological polar surface area (TPSA) is 121 Å². The summed E-state index contributed by atoms with van der Waals surface area (Å²) in [6.07, 6.45) is 0. The molecule has 13 heteroatoms. The number of para-hydroxylation sites is 1. The van der Waals surface area contributed by atoms with Crippen molar-refractivity contribution >= 4 is 37.3 Å². The van der Waals surface area contributed by atoms with E-state index in [1.165, 1.54) is 12.1 Å². The maximum Gasteiger partial charge on any atom is 0.286 e. The molecule has 2 saturated heterocycles. The van der Waals surface area contributed by atoms with Gasteiger partial charge in [0.1, 0.15) is 15.9 Å². The van der Waals surface area contributed by atoms with Gasteiger partial charge in [0.05, 0.1) is 16.4 Å². The predicted octanol–water partition coefficient (Wildman–Crippen LogP) is -0.286. The van der Waals surface area contributed by atoms with E-state index in [9.17, 15) is 26.9 Å². The predicted molar refractivity (Wildman–Crippen MR) is 120 cm³/mol. The first-order chi connectivity index (χ1) is 14.7. The van der Waals surface area contributed by atoms with Crippen LogP contribution in [0.5, 0.6) is 0 Å². The van der Waals surface area contributed by atoms with E-state index in [-0.39, 0.29) is 22.1 Å². The highest BCUT2D eigenvalue weighted by atomic mass is 32.2. The van der Waals surface area contributed by atoms with Crippen LogP contribution in [0.1, 0.15) is 0 Å². The van der Waals surface area contributed by atoms with Gasteiger partial charge in [0.15, 0.2) is 9.84 Å². The van der Waals surface area contributed by atoms with E-state index in [1.54, 1.807) is 16.4 Å². The third-order valence-corrected chi connectivity index (χ3v) is 9.96. The van der Waals surface area contributed by atoms with Crippen molar-refractivity contribution in [2.24, 2.45) is 0 Å². The molecule has 1 unspecified atom stereocenters. The Labute approximate surface area is 187 Å².